The zero-order valence-electron chi connectivity index (χ0n) is 13.4. The molecule has 2 aliphatic rings. The number of amides is 2. The summed E-state index contributed by atoms with van der Waals surface area (Å²) < 4.78 is 0.602. The van der Waals surface area contributed by atoms with Crippen molar-refractivity contribution in [1.82, 2.24) is 25.0 Å². The topological polar surface area (TPSA) is 85.4 Å². The van der Waals surface area contributed by atoms with Crippen molar-refractivity contribution in [3.05, 3.63) is 17.4 Å². The van der Waals surface area contributed by atoms with Crippen molar-refractivity contribution >= 4 is 33.7 Å². The van der Waals surface area contributed by atoms with Crippen LogP contribution in [0.1, 0.15) is 12.8 Å². The molecule has 0 radical (unpaired) electrons. The second kappa shape index (κ2) is 7.33. The first kappa shape index (κ1) is 16.9. The van der Waals surface area contributed by atoms with Crippen LogP contribution in [0, 0.1) is 5.92 Å². The second-order valence-electron chi connectivity index (χ2n) is 6.07. The predicted molar refractivity (Wildman–Crippen MR) is 92.4 cm³/mol. The van der Waals surface area contributed by atoms with Crippen molar-refractivity contribution < 1.29 is 9.59 Å². The minimum Gasteiger partial charge on any atom is -0.339 e. The van der Waals surface area contributed by atoms with Gasteiger partial charge in [0.1, 0.15) is 0 Å². The highest BCUT2D eigenvalue weighted by Crippen LogP contribution is 2.21. The number of hydrogen-bond donors (Lipinski definition) is 1. The third-order valence-electron chi connectivity index (χ3n) is 4.58. The maximum atomic E-state index is 12.8. The fraction of sp³-hybridized carbons (Fsp3) is 0.600. The first-order valence-corrected chi connectivity index (χ1v) is 8.90. The number of carbonyl (C=O) groups excluding carboxylic acids is 2. The van der Waals surface area contributed by atoms with Gasteiger partial charge in [0.15, 0.2) is 4.73 Å². The molecule has 2 fully saturated rings. The molecule has 0 bridgehead atoms. The molecule has 0 spiro atoms. The maximum Gasteiger partial charge on any atom is 0.245 e. The van der Waals surface area contributed by atoms with Crippen LogP contribution in [0.4, 0.5) is 5.95 Å². The molecule has 9 heteroatoms. The van der Waals surface area contributed by atoms with Gasteiger partial charge in [-0.1, -0.05) is 6.58 Å². The first-order valence-electron chi connectivity index (χ1n) is 8.11. The predicted octanol–water partition coefficient (Wildman–Crippen LogP) is 0.640. The summed E-state index contributed by atoms with van der Waals surface area (Å²) in [4.78, 5) is 34.4. The molecule has 3 heterocycles. The van der Waals surface area contributed by atoms with Gasteiger partial charge in [-0.15, -0.1) is 5.10 Å². The quantitative estimate of drug-likeness (QED) is 0.757. The van der Waals surface area contributed by atoms with Gasteiger partial charge in [-0.25, -0.2) is 0 Å². The van der Waals surface area contributed by atoms with E-state index < -0.39 is 0 Å². The van der Waals surface area contributed by atoms with Crippen molar-refractivity contribution in [2.75, 3.05) is 44.2 Å². The van der Waals surface area contributed by atoms with E-state index in [9.17, 15) is 9.59 Å². The maximum absolute atomic E-state index is 12.8. The van der Waals surface area contributed by atoms with Crippen LogP contribution in [0.25, 0.3) is 0 Å². The minimum absolute atomic E-state index is 0.0903. The number of piperidine rings is 1. The van der Waals surface area contributed by atoms with Crippen LogP contribution in [-0.2, 0) is 9.59 Å². The Hall–Kier alpha value is -1.90. The van der Waals surface area contributed by atoms with Crippen LogP contribution in [-0.4, -0.2) is 76.1 Å². The Kier molecular flexibility index (Phi) is 5.17. The molecule has 2 amide bonds. The van der Waals surface area contributed by atoms with Gasteiger partial charge >= 0.3 is 0 Å². The van der Waals surface area contributed by atoms with E-state index in [1.807, 2.05) is 4.90 Å². The van der Waals surface area contributed by atoms with E-state index in [4.69, 9.17) is 0 Å². The van der Waals surface area contributed by atoms with Crippen molar-refractivity contribution in [2.24, 2.45) is 5.92 Å². The van der Waals surface area contributed by atoms with Gasteiger partial charge in [-0.2, -0.15) is 4.98 Å². The number of H-pyrrole nitrogens is 1. The lowest BCUT2D eigenvalue weighted by Crippen LogP contribution is -2.53. The van der Waals surface area contributed by atoms with Gasteiger partial charge in [-0.05, 0) is 34.8 Å². The second-order valence-corrected chi connectivity index (χ2v) is 6.82. The molecule has 1 atom stereocenters. The lowest BCUT2D eigenvalue weighted by molar-refractivity contribution is -0.139. The third-order valence-corrected chi connectivity index (χ3v) is 4.93. The van der Waals surface area contributed by atoms with E-state index in [1.165, 1.54) is 6.08 Å². The minimum atomic E-state index is -0.105. The summed E-state index contributed by atoms with van der Waals surface area (Å²) in [6, 6.07) is 0. The molecule has 1 N–H and O–H groups in total. The fourth-order valence-corrected chi connectivity index (χ4v) is 3.52. The standard InChI is InChI=1S/C15H21BrN6O2/c1-2-12(23)22-5-3-4-11(10-22)13(24)20-6-8-21(9-7-20)15-17-14(16)18-19-15/h2,11H,1,3-10H2,(H,17,18,19). The number of anilines is 1. The highest BCUT2D eigenvalue weighted by atomic mass is 79.9. The van der Waals surface area contributed by atoms with Crippen LogP contribution in [0.5, 0.6) is 0 Å². The number of aromatic amines is 1. The number of nitrogens with zero attached hydrogens (tertiary/aromatic N) is 5. The van der Waals surface area contributed by atoms with E-state index >= 15 is 0 Å². The molecule has 0 aliphatic carbocycles. The van der Waals surface area contributed by atoms with E-state index in [0.29, 0.717) is 50.0 Å². The number of rotatable bonds is 3. The van der Waals surface area contributed by atoms with Crippen molar-refractivity contribution in [3.63, 3.8) is 0 Å². The molecule has 8 nitrogen and oxygen atoms in total. The number of piperazine rings is 1. The van der Waals surface area contributed by atoms with Crippen molar-refractivity contribution in [3.8, 4) is 0 Å². The zero-order valence-corrected chi connectivity index (χ0v) is 15.0. The van der Waals surface area contributed by atoms with Crippen LogP contribution in [0.3, 0.4) is 0 Å². The number of halogens is 1. The highest BCUT2D eigenvalue weighted by Gasteiger charge is 2.32. The average Bonchev–Trinajstić information content (AvgIpc) is 3.07. The smallest absolute Gasteiger partial charge is 0.245 e. The van der Waals surface area contributed by atoms with Crippen LogP contribution in [0.2, 0.25) is 0 Å². The Labute approximate surface area is 149 Å². The van der Waals surface area contributed by atoms with Crippen molar-refractivity contribution in [2.45, 2.75) is 12.8 Å². The third kappa shape index (κ3) is 3.61. The molecule has 130 valence electrons. The Morgan fingerprint density at radius 2 is 1.96 bits per heavy atom. The van der Waals surface area contributed by atoms with Crippen LogP contribution in [0.15, 0.2) is 17.4 Å². The zero-order chi connectivity index (χ0) is 17.1. The first-order chi connectivity index (χ1) is 11.6. The van der Waals surface area contributed by atoms with Gasteiger partial charge in [0, 0.05) is 39.3 Å². The molecular weight excluding hydrogens is 376 g/mol. The lowest BCUT2D eigenvalue weighted by atomic mass is 9.96. The molecule has 0 saturated carbocycles. The number of nitrogens with one attached hydrogen (secondary N) is 1. The number of likely N-dealkylation sites (tertiary alicyclic amines) is 1. The molecule has 3 rings (SSSR count). The molecule has 1 aromatic heterocycles. The van der Waals surface area contributed by atoms with Crippen LogP contribution < -0.4 is 4.90 Å². The largest absolute Gasteiger partial charge is 0.339 e. The van der Waals surface area contributed by atoms with Gasteiger partial charge in [0.25, 0.3) is 0 Å². The van der Waals surface area contributed by atoms with Crippen molar-refractivity contribution in [1.29, 1.82) is 0 Å². The molecule has 24 heavy (non-hydrogen) atoms. The molecule has 0 aromatic carbocycles. The Morgan fingerprint density at radius 3 is 2.58 bits per heavy atom. The molecular formula is C15H21BrN6O2. The number of aromatic nitrogens is 3. The fourth-order valence-electron chi connectivity index (χ4n) is 3.27. The summed E-state index contributed by atoms with van der Waals surface area (Å²) in [7, 11) is 0. The van der Waals surface area contributed by atoms with E-state index in [0.717, 1.165) is 12.8 Å². The Bertz CT molecular complexity index is 625. The van der Waals surface area contributed by atoms with Gasteiger partial charge in [-0.3, -0.25) is 14.7 Å². The molecule has 2 aliphatic heterocycles. The molecule has 1 aromatic rings. The molecule has 2 saturated heterocycles. The Morgan fingerprint density at radius 1 is 1.21 bits per heavy atom. The van der Waals surface area contributed by atoms with E-state index in [2.05, 4.69) is 42.6 Å². The van der Waals surface area contributed by atoms with E-state index in [1.54, 1.807) is 4.90 Å². The number of hydrogen-bond acceptors (Lipinski definition) is 5. The monoisotopic (exact) mass is 396 g/mol. The summed E-state index contributed by atoms with van der Waals surface area (Å²) in [6.07, 6.45) is 3.02. The van der Waals surface area contributed by atoms with Gasteiger partial charge in [0.05, 0.1) is 5.92 Å². The summed E-state index contributed by atoms with van der Waals surface area (Å²) in [6.45, 7) is 7.45. The average molecular weight is 397 g/mol. The normalized spacial score (nSPS) is 21.7. The van der Waals surface area contributed by atoms with Gasteiger partial charge in [0.2, 0.25) is 17.8 Å². The SMILES string of the molecule is C=CC(=O)N1CCCC(C(=O)N2CCN(c3n[nH]c(Br)n3)CC2)C1. The van der Waals surface area contributed by atoms with Crippen LogP contribution >= 0.6 is 15.9 Å². The number of carbonyl (C=O) groups is 2. The lowest BCUT2D eigenvalue weighted by Gasteiger charge is -2.38. The summed E-state index contributed by atoms with van der Waals surface area (Å²) >= 11 is 3.25. The highest BCUT2D eigenvalue weighted by molar-refractivity contribution is 9.10. The summed E-state index contributed by atoms with van der Waals surface area (Å²) in [5.41, 5.74) is 0. The Balaban J connectivity index is 1.55. The summed E-state index contributed by atoms with van der Waals surface area (Å²) in [5.74, 6) is 0.598. The molecule has 1 unspecified atom stereocenters. The van der Waals surface area contributed by atoms with Gasteiger partial charge < -0.3 is 14.7 Å². The van der Waals surface area contributed by atoms with E-state index in [-0.39, 0.29) is 17.7 Å². The summed E-state index contributed by atoms with van der Waals surface area (Å²) in [5, 5.41) is 6.88.